The second-order valence-corrected chi connectivity index (χ2v) is 3.17. The van der Waals surface area contributed by atoms with E-state index < -0.39 is 17.4 Å². The minimum Gasteiger partial charge on any atom is -0.367 e. The third kappa shape index (κ3) is 0.869. The lowest BCUT2D eigenvalue weighted by Crippen LogP contribution is -2.54. The first-order valence-corrected chi connectivity index (χ1v) is 4.06. The summed E-state index contributed by atoms with van der Waals surface area (Å²) in [6.45, 7) is 0. The Kier molecular flexibility index (Phi) is 1.59. The summed E-state index contributed by atoms with van der Waals surface area (Å²) >= 11 is 0. The highest BCUT2D eigenvalue weighted by Crippen LogP contribution is 2.33. The fourth-order valence-electron chi connectivity index (χ4n) is 1.52. The minimum absolute atomic E-state index is 0.428. The van der Waals surface area contributed by atoms with Crippen LogP contribution >= 0.6 is 0 Å². The van der Waals surface area contributed by atoms with Crippen LogP contribution in [0.1, 0.15) is 5.56 Å². The number of hydrogen-bond acceptors (Lipinski definition) is 3. The van der Waals surface area contributed by atoms with E-state index in [0.717, 1.165) is 0 Å². The maximum Gasteiger partial charge on any atom is 0.258 e. The summed E-state index contributed by atoms with van der Waals surface area (Å²) in [6, 6.07) is 6.72. The minimum atomic E-state index is -1.73. The first-order valence-electron chi connectivity index (χ1n) is 4.06. The molecule has 0 spiro atoms. The predicted molar refractivity (Wildman–Crippen MR) is 50.1 cm³/mol. The number of carbonyl (C=O) groups excluding carboxylic acids is 2. The van der Waals surface area contributed by atoms with Crippen molar-refractivity contribution in [2.75, 3.05) is 5.32 Å². The van der Waals surface area contributed by atoms with Crippen LogP contribution in [0.15, 0.2) is 24.3 Å². The SMILES string of the molecule is NC(=O)C1(N)C(=O)Nc2ccccc21. The van der Waals surface area contributed by atoms with Gasteiger partial charge in [0.2, 0.25) is 5.54 Å². The van der Waals surface area contributed by atoms with Crippen LogP contribution in [0.2, 0.25) is 0 Å². The van der Waals surface area contributed by atoms with E-state index in [1.807, 2.05) is 0 Å². The first-order chi connectivity index (χ1) is 6.56. The summed E-state index contributed by atoms with van der Waals surface area (Å²) in [5, 5.41) is 2.50. The van der Waals surface area contributed by atoms with Gasteiger partial charge in [-0.3, -0.25) is 9.59 Å². The number of para-hydroxylation sites is 1. The molecular weight excluding hydrogens is 182 g/mol. The molecule has 0 radical (unpaired) electrons. The second-order valence-electron chi connectivity index (χ2n) is 3.17. The number of primary amides is 1. The van der Waals surface area contributed by atoms with Gasteiger partial charge in [0.15, 0.2) is 0 Å². The van der Waals surface area contributed by atoms with Gasteiger partial charge in [-0.2, -0.15) is 0 Å². The molecule has 1 aromatic carbocycles. The number of carbonyl (C=O) groups is 2. The van der Waals surface area contributed by atoms with Gasteiger partial charge in [-0.25, -0.2) is 0 Å². The molecule has 1 heterocycles. The smallest absolute Gasteiger partial charge is 0.258 e. The predicted octanol–water partition coefficient (Wildman–Crippen LogP) is -0.722. The van der Waals surface area contributed by atoms with Crippen molar-refractivity contribution in [3.8, 4) is 0 Å². The maximum absolute atomic E-state index is 11.5. The average molecular weight is 191 g/mol. The van der Waals surface area contributed by atoms with Gasteiger partial charge in [0.1, 0.15) is 0 Å². The molecule has 0 saturated carbocycles. The van der Waals surface area contributed by atoms with E-state index in [1.165, 1.54) is 0 Å². The Balaban J connectivity index is 2.66. The topological polar surface area (TPSA) is 98.2 Å². The number of benzene rings is 1. The van der Waals surface area contributed by atoms with E-state index in [0.29, 0.717) is 11.3 Å². The largest absolute Gasteiger partial charge is 0.367 e. The highest BCUT2D eigenvalue weighted by atomic mass is 16.2. The lowest BCUT2D eigenvalue weighted by Gasteiger charge is -2.16. The fourth-order valence-corrected chi connectivity index (χ4v) is 1.52. The molecule has 14 heavy (non-hydrogen) atoms. The number of nitrogens with two attached hydrogens (primary N) is 2. The first kappa shape index (κ1) is 8.71. The Labute approximate surface area is 80.1 Å². The highest BCUT2D eigenvalue weighted by molar-refractivity contribution is 6.19. The number of fused-ring (bicyclic) bond motifs is 1. The Morgan fingerprint density at radius 2 is 2.00 bits per heavy atom. The van der Waals surface area contributed by atoms with Crippen LogP contribution in [0.4, 0.5) is 5.69 Å². The lowest BCUT2D eigenvalue weighted by atomic mass is 9.92. The molecule has 5 nitrogen and oxygen atoms in total. The molecule has 72 valence electrons. The molecule has 1 atom stereocenters. The number of amides is 2. The number of rotatable bonds is 1. The zero-order chi connectivity index (χ0) is 10.3. The molecule has 0 aliphatic carbocycles. The zero-order valence-electron chi connectivity index (χ0n) is 7.28. The quantitative estimate of drug-likeness (QED) is 0.511. The Hall–Kier alpha value is -1.88. The van der Waals surface area contributed by atoms with Gasteiger partial charge >= 0.3 is 0 Å². The van der Waals surface area contributed by atoms with Gasteiger partial charge in [-0.05, 0) is 6.07 Å². The molecule has 0 saturated heterocycles. The molecule has 1 aromatic rings. The monoisotopic (exact) mass is 191 g/mol. The van der Waals surface area contributed by atoms with Crippen molar-refractivity contribution in [1.82, 2.24) is 0 Å². The van der Waals surface area contributed by atoms with Crippen LogP contribution in [-0.4, -0.2) is 11.8 Å². The van der Waals surface area contributed by atoms with E-state index in [-0.39, 0.29) is 0 Å². The van der Waals surface area contributed by atoms with Crippen molar-refractivity contribution >= 4 is 17.5 Å². The zero-order valence-corrected chi connectivity index (χ0v) is 7.28. The molecular formula is C9H9N3O2. The summed E-state index contributed by atoms with van der Waals surface area (Å²) in [4.78, 5) is 22.6. The summed E-state index contributed by atoms with van der Waals surface area (Å²) < 4.78 is 0. The van der Waals surface area contributed by atoms with Gasteiger partial charge in [-0.1, -0.05) is 18.2 Å². The van der Waals surface area contributed by atoms with Crippen LogP contribution in [0.3, 0.4) is 0 Å². The van der Waals surface area contributed by atoms with Crippen LogP contribution in [0, 0.1) is 0 Å². The molecule has 0 aromatic heterocycles. The van der Waals surface area contributed by atoms with E-state index in [2.05, 4.69) is 5.32 Å². The summed E-state index contributed by atoms with van der Waals surface area (Å²) in [6.07, 6.45) is 0. The normalized spacial score (nSPS) is 24.2. The summed E-state index contributed by atoms with van der Waals surface area (Å²) in [5.74, 6) is -1.42. The average Bonchev–Trinajstić information content (AvgIpc) is 2.41. The van der Waals surface area contributed by atoms with Gasteiger partial charge < -0.3 is 16.8 Å². The van der Waals surface area contributed by atoms with Crippen LogP contribution in [0.5, 0.6) is 0 Å². The van der Waals surface area contributed by atoms with Crippen molar-refractivity contribution in [1.29, 1.82) is 0 Å². The van der Waals surface area contributed by atoms with Crippen molar-refractivity contribution < 1.29 is 9.59 Å². The molecule has 0 fully saturated rings. The van der Waals surface area contributed by atoms with Crippen LogP contribution in [0.25, 0.3) is 0 Å². The van der Waals surface area contributed by atoms with Crippen LogP contribution < -0.4 is 16.8 Å². The van der Waals surface area contributed by atoms with E-state index in [9.17, 15) is 9.59 Å². The standard InChI is InChI=1S/C9H9N3O2/c10-7(13)9(11)5-3-1-2-4-6(5)12-8(9)14/h1-4H,11H2,(H2,10,13)(H,12,14). The fraction of sp³-hybridized carbons (Fsp3) is 0.111. The lowest BCUT2D eigenvalue weighted by molar-refractivity contribution is -0.132. The van der Waals surface area contributed by atoms with Gasteiger partial charge in [-0.15, -0.1) is 0 Å². The maximum atomic E-state index is 11.5. The van der Waals surface area contributed by atoms with Gasteiger partial charge in [0, 0.05) is 11.3 Å². The Morgan fingerprint density at radius 3 is 2.64 bits per heavy atom. The molecule has 1 aliphatic rings. The summed E-state index contributed by atoms with van der Waals surface area (Å²) in [5.41, 5.74) is 10.0. The number of hydrogen-bond donors (Lipinski definition) is 3. The Bertz CT molecular complexity index is 430. The van der Waals surface area contributed by atoms with E-state index in [1.54, 1.807) is 24.3 Å². The third-order valence-electron chi connectivity index (χ3n) is 2.35. The summed E-state index contributed by atoms with van der Waals surface area (Å²) in [7, 11) is 0. The van der Waals surface area contributed by atoms with Gasteiger partial charge in [0.05, 0.1) is 0 Å². The number of nitrogens with one attached hydrogen (secondary N) is 1. The van der Waals surface area contributed by atoms with Crippen molar-refractivity contribution in [2.24, 2.45) is 11.5 Å². The van der Waals surface area contributed by atoms with Crippen molar-refractivity contribution in [3.63, 3.8) is 0 Å². The number of anilines is 1. The third-order valence-corrected chi connectivity index (χ3v) is 2.35. The van der Waals surface area contributed by atoms with Gasteiger partial charge in [0.25, 0.3) is 11.8 Å². The molecule has 1 aliphatic heterocycles. The van der Waals surface area contributed by atoms with E-state index in [4.69, 9.17) is 11.5 Å². The molecule has 5 N–H and O–H groups in total. The molecule has 5 heteroatoms. The molecule has 1 unspecified atom stereocenters. The molecule has 2 amide bonds. The van der Waals surface area contributed by atoms with Crippen molar-refractivity contribution in [2.45, 2.75) is 5.54 Å². The van der Waals surface area contributed by atoms with Crippen molar-refractivity contribution in [3.05, 3.63) is 29.8 Å². The van der Waals surface area contributed by atoms with E-state index >= 15 is 0 Å². The Morgan fingerprint density at radius 1 is 1.36 bits per heavy atom. The second kappa shape index (κ2) is 2.55. The molecule has 2 rings (SSSR count). The molecule has 0 bridgehead atoms. The van der Waals surface area contributed by atoms with Crippen LogP contribution in [-0.2, 0) is 15.1 Å². The highest BCUT2D eigenvalue weighted by Gasteiger charge is 2.48.